The molecule has 0 aliphatic rings. The molecule has 0 radical (unpaired) electrons. The van der Waals surface area contributed by atoms with Gasteiger partial charge >= 0.3 is 0 Å². The number of hydrogen-bond donors (Lipinski definition) is 0. The number of carbonyl (C=O) groups excluding carboxylic acids is 1. The number of rotatable bonds is 6. The van der Waals surface area contributed by atoms with E-state index in [1.807, 2.05) is 19.1 Å². The molecule has 0 heterocycles. The quantitative estimate of drug-likeness (QED) is 0.781. The molecular formula is C14H20O4. The van der Waals surface area contributed by atoms with Gasteiger partial charge in [0.1, 0.15) is 5.78 Å². The highest BCUT2D eigenvalue weighted by Crippen LogP contribution is 2.40. The summed E-state index contributed by atoms with van der Waals surface area (Å²) in [6.45, 7) is 3.58. The number of hydrogen-bond acceptors (Lipinski definition) is 4. The van der Waals surface area contributed by atoms with Gasteiger partial charge in [-0.3, -0.25) is 4.79 Å². The average molecular weight is 252 g/mol. The summed E-state index contributed by atoms with van der Waals surface area (Å²) in [5, 5.41) is 0. The Bertz CT molecular complexity index is 401. The summed E-state index contributed by atoms with van der Waals surface area (Å²) >= 11 is 0. The van der Waals surface area contributed by atoms with Crippen LogP contribution in [-0.2, 0) is 4.79 Å². The molecule has 0 saturated carbocycles. The average Bonchev–Trinajstić information content (AvgIpc) is 2.37. The molecule has 1 rings (SSSR count). The predicted molar refractivity (Wildman–Crippen MR) is 69.8 cm³/mol. The largest absolute Gasteiger partial charge is 0.493 e. The monoisotopic (exact) mass is 252 g/mol. The van der Waals surface area contributed by atoms with Crippen molar-refractivity contribution in [1.29, 1.82) is 0 Å². The molecule has 4 heteroatoms. The first-order chi connectivity index (χ1) is 8.58. The SMILES string of the molecule is CC[C@H](C(C)=O)c1cc(OC)c(OC)c(OC)c1. The third-order valence-electron chi connectivity index (χ3n) is 2.99. The Labute approximate surface area is 108 Å². The van der Waals surface area contributed by atoms with Gasteiger partial charge in [0.25, 0.3) is 0 Å². The van der Waals surface area contributed by atoms with Crippen LogP contribution in [0.5, 0.6) is 17.2 Å². The maximum Gasteiger partial charge on any atom is 0.203 e. The molecule has 100 valence electrons. The number of ketones is 1. The first-order valence-corrected chi connectivity index (χ1v) is 5.89. The molecule has 0 fully saturated rings. The van der Waals surface area contributed by atoms with E-state index >= 15 is 0 Å². The van der Waals surface area contributed by atoms with Crippen LogP contribution in [0.2, 0.25) is 0 Å². The topological polar surface area (TPSA) is 44.8 Å². The van der Waals surface area contributed by atoms with E-state index in [-0.39, 0.29) is 11.7 Å². The number of carbonyl (C=O) groups is 1. The zero-order valence-corrected chi connectivity index (χ0v) is 11.6. The van der Waals surface area contributed by atoms with E-state index in [0.717, 1.165) is 12.0 Å². The molecule has 0 amide bonds. The van der Waals surface area contributed by atoms with Crippen LogP contribution in [0.4, 0.5) is 0 Å². The maximum atomic E-state index is 11.6. The zero-order valence-electron chi connectivity index (χ0n) is 11.6. The van der Waals surface area contributed by atoms with E-state index in [1.54, 1.807) is 28.3 Å². The highest BCUT2D eigenvalue weighted by molar-refractivity contribution is 5.83. The van der Waals surface area contributed by atoms with E-state index in [1.165, 1.54) is 0 Å². The summed E-state index contributed by atoms with van der Waals surface area (Å²) in [6, 6.07) is 3.66. The van der Waals surface area contributed by atoms with Crippen molar-refractivity contribution < 1.29 is 19.0 Å². The van der Waals surface area contributed by atoms with Crippen LogP contribution in [0.1, 0.15) is 31.7 Å². The van der Waals surface area contributed by atoms with Crippen LogP contribution in [0.3, 0.4) is 0 Å². The van der Waals surface area contributed by atoms with Crippen LogP contribution in [0.25, 0.3) is 0 Å². The third-order valence-corrected chi connectivity index (χ3v) is 2.99. The normalized spacial score (nSPS) is 11.8. The van der Waals surface area contributed by atoms with Gasteiger partial charge in [0.2, 0.25) is 5.75 Å². The molecular weight excluding hydrogens is 232 g/mol. The van der Waals surface area contributed by atoms with Crippen LogP contribution in [-0.4, -0.2) is 27.1 Å². The minimum atomic E-state index is -0.140. The van der Waals surface area contributed by atoms with Crippen molar-refractivity contribution in [1.82, 2.24) is 0 Å². The summed E-state index contributed by atoms with van der Waals surface area (Å²) < 4.78 is 15.8. The van der Waals surface area contributed by atoms with Gasteiger partial charge in [0.15, 0.2) is 11.5 Å². The number of benzene rings is 1. The maximum absolute atomic E-state index is 11.6. The van der Waals surface area contributed by atoms with Gasteiger partial charge in [0.05, 0.1) is 21.3 Å². The van der Waals surface area contributed by atoms with Crippen molar-refractivity contribution in [3.63, 3.8) is 0 Å². The van der Waals surface area contributed by atoms with Crippen LogP contribution < -0.4 is 14.2 Å². The van der Waals surface area contributed by atoms with E-state index in [4.69, 9.17) is 14.2 Å². The number of ether oxygens (including phenoxy) is 3. The highest BCUT2D eigenvalue weighted by Gasteiger charge is 2.20. The van der Waals surface area contributed by atoms with Crippen LogP contribution >= 0.6 is 0 Å². The molecule has 0 aliphatic heterocycles. The van der Waals surface area contributed by atoms with Gasteiger partial charge in [-0.25, -0.2) is 0 Å². The fourth-order valence-corrected chi connectivity index (χ4v) is 2.06. The summed E-state index contributed by atoms with van der Waals surface area (Å²) in [5.74, 6) is 1.69. The summed E-state index contributed by atoms with van der Waals surface area (Å²) in [4.78, 5) is 11.6. The summed E-state index contributed by atoms with van der Waals surface area (Å²) in [7, 11) is 4.69. The molecule has 0 aromatic heterocycles. The molecule has 0 aliphatic carbocycles. The fourth-order valence-electron chi connectivity index (χ4n) is 2.06. The Kier molecular flexibility index (Phi) is 5.01. The standard InChI is InChI=1S/C14H20O4/c1-6-11(9(2)15)10-7-12(16-3)14(18-5)13(8-10)17-4/h7-8,11H,6H2,1-5H3/t11-/m1/s1. The second-order valence-electron chi connectivity index (χ2n) is 4.03. The summed E-state index contributed by atoms with van der Waals surface area (Å²) in [6.07, 6.45) is 0.744. The highest BCUT2D eigenvalue weighted by atomic mass is 16.5. The zero-order chi connectivity index (χ0) is 13.7. The Morgan fingerprint density at radius 1 is 1.11 bits per heavy atom. The van der Waals surface area contributed by atoms with Crippen molar-refractivity contribution in [3.8, 4) is 17.2 Å². The molecule has 4 nitrogen and oxygen atoms in total. The van der Waals surface area contributed by atoms with Gasteiger partial charge < -0.3 is 14.2 Å². The van der Waals surface area contributed by atoms with E-state index in [2.05, 4.69) is 0 Å². The minimum Gasteiger partial charge on any atom is -0.493 e. The molecule has 0 spiro atoms. The molecule has 0 N–H and O–H groups in total. The number of methoxy groups -OCH3 is 3. The second kappa shape index (κ2) is 6.28. The summed E-state index contributed by atoms with van der Waals surface area (Å²) in [5.41, 5.74) is 0.888. The second-order valence-corrected chi connectivity index (χ2v) is 4.03. The van der Waals surface area contributed by atoms with Crippen molar-refractivity contribution in [3.05, 3.63) is 17.7 Å². The molecule has 1 aromatic rings. The van der Waals surface area contributed by atoms with Crippen molar-refractivity contribution in [2.24, 2.45) is 0 Å². The van der Waals surface area contributed by atoms with E-state index in [0.29, 0.717) is 17.2 Å². The Morgan fingerprint density at radius 2 is 1.61 bits per heavy atom. The molecule has 0 bridgehead atoms. The van der Waals surface area contributed by atoms with Gasteiger partial charge in [-0.2, -0.15) is 0 Å². The Hall–Kier alpha value is -1.71. The molecule has 18 heavy (non-hydrogen) atoms. The number of Topliss-reactive ketones (excluding diaryl/α,β-unsaturated/α-hetero) is 1. The molecule has 0 saturated heterocycles. The van der Waals surface area contributed by atoms with Crippen molar-refractivity contribution >= 4 is 5.78 Å². The predicted octanol–water partition coefficient (Wildman–Crippen LogP) is 2.80. The first-order valence-electron chi connectivity index (χ1n) is 5.89. The fraction of sp³-hybridized carbons (Fsp3) is 0.500. The smallest absolute Gasteiger partial charge is 0.203 e. The van der Waals surface area contributed by atoms with Gasteiger partial charge in [-0.05, 0) is 31.0 Å². The van der Waals surface area contributed by atoms with Gasteiger partial charge in [-0.1, -0.05) is 6.92 Å². The van der Waals surface area contributed by atoms with E-state index < -0.39 is 0 Å². The molecule has 1 aromatic carbocycles. The Morgan fingerprint density at radius 3 is 1.89 bits per heavy atom. The van der Waals surface area contributed by atoms with E-state index in [9.17, 15) is 4.79 Å². The lowest BCUT2D eigenvalue weighted by atomic mass is 9.92. The lowest BCUT2D eigenvalue weighted by Crippen LogP contribution is -2.08. The third kappa shape index (κ3) is 2.75. The van der Waals surface area contributed by atoms with Crippen molar-refractivity contribution in [2.45, 2.75) is 26.2 Å². The van der Waals surface area contributed by atoms with Gasteiger partial charge in [0, 0.05) is 5.92 Å². The Balaban J connectivity index is 3.34. The molecule has 1 atom stereocenters. The molecule has 0 unspecified atom stereocenters. The van der Waals surface area contributed by atoms with Crippen LogP contribution in [0, 0.1) is 0 Å². The van der Waals surface area contributed by atoms with Gasteiger partial charge in [-0.15, -0.1) is 0 Å². The van der Waals surface area contributed by atoms with Crippen LogP contribution in [0.15, 0.2) is 12.1 Å². The lowest BCUT2D eigenvalue weighted by molar-refractivity contribution is -0.118. The first kappa shape index (κ1) is 14.4. The van der Waals surface area contributed by atoms with Crippen molar-refractivity contribution in [2.75, 3.05) is 21.3 Å². The minimum absolute atomic E-state index is 0.131. The lowest BCUT2D eigenvalue weighted by Gasteiger charge is -2.17.